The van der Waals surface area contributed by atoms with Crippen molar-refractivity contribution in [3.63, 3.8) is 0 Å². The van der Waals surface area contributed by atoms with Gasteiger partial charge in [0.05, 0.1) is 16.8 Å². The number of amides is 2. The summed E-state index contributed by atoms with van der Waals surface area (Å²) in [5, 5.41) is 12.0. The molecule has 0 saturated heterocycles. The molecule has 4 rings (SSSR count). The van der Waals surface area contributed by atoms with E-state index in [1.54, 1.807) is 30.3 Å². The van der Waals surface area contributed by atoms with Crippen molar-refractivity contribution in [3.8, 4) is 5.69 Å². The summed E-state index contributed by atoms with van der Waals surface area (Å²) in [6.45, 7) is 0.510. The lowest BCUT2D eigenvalue weighted by molar-refractivity contribution is 0.0953. The van der Waals surface area contributed by atoms with E-state index in [1.807, 2.05) is 58.9 Å². The molecule has 2 N–H and O–H groups in total. The fraction of sp³-hybridized carbons (Fsp3) is 0.0870. The highest BCUT2D eigenvalue weighted by Gasteiger charge is 2.09. The summed E-state index contributed by atoms with van der Waals surface area (Å²) in [5.41, 5.74) is 3.24. The lowest BCUT2D eigenvalue weighted by Crippen LogP contribution is -2.25. The van der Waals surface area contributed by atoms with Crippen molar-refractivity contribution < 1.29 is 9.59 Å². The zero-order valence-corrected chi connectivity index (χ0v) is 16.9. The number of nitrogens with one attached hydrogen (secondary N) is 2. The van der Waals surface area contributed by atoms with Crippen LogP contribution in [0.15, 0.2) is 84.5 Å². The van der Waals surface area contributed by atoms with E-state index in [1.165, 1.54) is 11.3 Å². The van der Waals surface area contributed by atoms with Gasteiger partial charge >= 0.3 is 0 Å². The van der Waals surface area contributed by atoms with Gasteiger partial charge in [0.25, 0.3) is 11.8 Å². The van der Waals surface area contributed by atoms with E-state index >= 15 is 0 Å². The van der Waals surface area contributed by atoms with Gasteiger partial charge in [0.2, 0.25) is 0 Å². The minimum atomic E-state index is -0.154. The molecular weight excluding hydrogens is 396 g/mol. The summed E-state index contributed by atoms with van der Waals surface area (Å²) >= 11 is 1.38. The Morgan fingerprint density at radius 2 is 1.73 bits per heavy atom. The average Bonchev–Trinajstić information content (AvgIpc) is 3.47. The molecule has 0 bridgehead atoms. The number of carbonyl (C=O) groups excluding carboxylic acids is 2. The Kier molecular flexibility index (Phi) is 6.01. The van der Waals surface area contributed by atoms with Crippen LogP contribution in [-0.4, -0.2) is 28.1 Å². The molecule has 0 radical (unpaired) electrons. The van der Waals surface area contributed by atoms with E-state index in [9.17, 15) is 9.59 Å². The topological polar surface area (TPSA) is 76.0 Å². The summed E-state index contributed by atoms with van der Waals surface area (Å²) in [6, 6.07) is 20.3. The molecule has 0 aliphatic rings. The second kappa shape index (κ2) is 9.19. The van der Waals surface area contributed by atoms with Gasteiger partial charge in [-0.1, -0.05) is 24.3 Å². The van der Waals surface area contributed by atoms with Gasteiger partial charge in [-0.25, -0.2) is 4.68 Å². The van der Waals surface area contributed by atoms with Crippen LogP contribution >= 0.6 is 11.3 Å². The maximum absolute atomic E-state index is 12.4. The number of rotatable bonds is 7. The number of aromatic nitrogens is 2. The van der Waals surface area contributed by atoms with E-state index in [0.29, 0.717) is 29.1 Å². The Hall–Kier alpha value is -3.71. The van der Waals surface area contributed by atoms with Crippen LogP contribution in [0.3, 0.4) is 0 Å². The molecule has 0 saturated carbocycles. The molecule has 0 aliphatic heterocycles. The van der Waals surface area contributed by atoms with E-state index in [4.69, 9.17) is 0 Å². The normalized spacial score (nSPS) is 10.5. The Morgan fingerprint density at radius 3 is 2.47 bits per heavy atom. The minimum absolute atomic E-state index is 0.151. The minimum Gasteiger partial charge on any atom is -0.352 e. The van der Waals surface area contributed by atoms with E-state index in [0.717, 1.165) is 11.3 Å². The fourth-order valence-electron chi connectivity index (χ4n) is 2.94. The predicted octanol–water partition coefficient (Wildman–Crippen LogP) is 4.16. The highest BCUT2D eigenvalue weighted by molar-refractivity contribution is 7.12. The molecule has 6 nitrogen and oxygen atoms in total. The summed E-state index contributed by atoms with van der Waals surface area (Å²) in [4.78, 5) is 25.1. The van der Waals surface area contributed by atoms with Crippen LogP contribution in [0, 0.1) is 0 Å². The number of hydrogen-bond donors (Lipinski definition) is 2. The highest BCUT2D eigenvalue weighted by Crippen LogP contribution is 2.14. The van der Waals surface area contributed by atoms with E-state index in [-0.39, 0.29) is 11.8 Å². The Morgan fingerprint density at radius 1 is 0.933 bits per heavy atom. The lowest BCUT2D eigenvalue weighted by atomic mass is 10.2. The SMILES string of the molecule is O=C(NCCc1cnn(-c2ccccc2)c1)c1ccc(NC(=O)c2cccs2)cc1. The zero-order valence-electron chi connectivity index (χ0n) is 16.1. The van der Waals surface area contributed by atoms with Crippen LogP contribution < -0.4 is 10.6 Å². The van der Waals surface area contributed by atoms with Gasteiger partial charge in [0.1, 0.15) is 0 Å². The first-order valence-electron chi connectivity index (χ1n) is 9.51. The third kappa shape index (κ3) is 4.82. The van der Waals surface area contributed by atoms with Crippen molar-refractivity contribution in [2.24, 2.45) is 0 Å². The molecule has 2 aromatic carbocycles. The predicted molar refractivity (Wildman–Crippen MR) is 118 cm³/mol. The van der Waals surface area contributed by atoms with Gasteiger partial charge in [0, 0.05) is 24.0 Å². The highest BCUT2D eigenvalue weighted by atomic mass is 32.1. The van der Waals surface area contributed by atoms with Gasteiger partial charge in [-0.3, -0.25) is 9.59 Å². The lowest BCUT2D eigenvalue weighted by Gasteiger charge is -2.07. The van der Waals surface area contributed by atoms with Crippen LogP contribution in [0.4, 0.5) is 5.69 Å². The molecule has 2 amide bonds. The second-order valence-corrected chi connectivity index (χ2v) is 7.59. The Labute approximate surface area is 178 Å². The molecule has 30 heavy (non-hydrogen) atoms. The summed E-state index contributed by atoms with van der Waals surface area (Å²) < 4.78 is 1.82. The summed E-state index contributed by atoms with van der Waals surface area (Å²) in [7, 11) is 0. The van der Waals surface area contributed by atoms with Gasteiger partial charge in [-0.05, 0) is 59.8 Å². The third-order valence-corrected chi connectivity index (χ3v) is 5.37. The summed E-state index contributed by atoms with van der Waals surface area (Å²) in [6.07, 6.45) is 4.46. The molecule has 0 unspecified atom stereocenters. The number of thiophene rings is 1. The molecule has 0 aliphatic carbocycles. The maximum atomic E-state index is 12.4. The van der Waals surface area contributed by atoms with Gasteiger partial charge in [-0.2, -0.15) is 5.10 Å². The maximum Gasteiger partial charge on any atom is 0.265 e. The average molecular weight is 417 g/mol. The monoisotopic (exact) mass is 416 g/mol. The number of hydrogen-bond acceptors (Lipinski definition) is 4. The van der Waals surface area contributed by atoms with E-state index in [2.05, 4.69) is 15.7 Å². The van der Waals surface area contributed by atoms with Crippen molar-refractivity contribution in [2.75, 3.05) is 11.9 Å². The van der Waals surface area contributed by atoms with E-state index < -0.39 is 0 Å². The number of carbonyl (C=O) groups is 2. The summed E-state index contributed by atoms with van der Waals surface area (Å²) in [5.74, 6) is -0.306. The van der Waals surface area contributed by atoms with Gasteiger partial charge < -0.3 is 10.6 Å². The second-order valence-electron chi connectivity index (χ2n) is 6.64. The standard InChI is InChI=1S/C23H20N4O2S/c28-22(18-8-10-19(11-9-18)26-23(29)21-7-4-14-30-21)24-13-12-17-15-25-27(16-17)20-5-2-1-3-6-20/h1-11,14-16H,12-13H2,(H,24,28)(H,26,29). The van der Waals surface area contributed by atoms with Gasteiger partial charge in [0.15, 0.2) is 0 Å². The molecule has 2 aromatic heterocycles. The molecule has 150 valence electrons. The number of para-hydroxylation sites is 1. The van der Waals surface area contributed by atoms with Crippen molar-refractivity contribution in [1.29, 1.82) is 0 Å². The first-order chi connectivity index (χ1) is 14.7. The number of anilines is 1. The third-order valence-electron chi connectivity index (χ3n) is 4.51. The van der Waals surface area contributed by atoms with Crippen LogP contribution in [0.1, 0.15) is 25.6 Å². The quantitative estimate of drug-likeness (QED) is 0.475. The van der Waals surface area contributed by atoms with Crippen LogP contribution in [0.5, 0.6) is 0 Å². The Bertz CT molecular complexity index is 1120. The van der Waals surface area contributed by atoms with Crippen molar-refractivity contribution >= 4 is 28.8 Å². The fourth-order valence-corrected chi connectivity index (χ4v) is 3.56. The van der Waals surface area contributed by atoms with Crippen LogP contribution in [-0.2, 0) is 6.42 Å². The zero-order chi connectivity index (χ0) is 20.8. The number of nitrogens with zero attached hydrogens (tertiary/aromatic N) is 2. The molecule has 4 aromatic rings. The molecule has 7 heteroatoms. The first-order valence-corrected chi connectivity index (χ1v) is 10.4. The smallest absolute Gasteiger partial charge is 0.265 e. The number of benzene rings is 2. The van der Waals surface area contributed by atoms with Gasteiger partial charge in [-0.15, -0.1) is 11.3 Å². The molecule has 2 heterocycles. The molecule has 0 atom stereocenters. The van der Waals surface area contributed by atoms with Crippen molar-refractivity contribution in [3.05, 3.63) is 101 Å². The molecule has 0 fully saturated rings. The van der Waals surface area contributed by atoms with Crippen LogP contribution in [0.2, 0.25) is 0 Å². The van der Waals surface area contributed by atoms with Crippen molar-refractivity contribution in [2.45, 2.75) is 6.42 Å². The molecule has 0 spiro atoms. The van der Waals surface area contributed by atoms with Crippen molar-refractivity contribution in [1.82, 2.24) is 15.1 Å². The Balaban J connectivity index is 1.27. The molecular formula is C23H20N4O2S. The van der Waals surface area contributed by atoms with Crippen LogP contribution in [0.25, 0.3) is 5.69 Å². The first kappa shape index (κ1) is 19.6. The largest absolute Gasteiger partial charge is 0.352 e.